The fourth-order valence-corrected chi connectivity index (χ4v) is 5.14. The number of benzene rings is 2. The molecule has 1 aliphatic rings. The van der Waals surface area contributed by atoms with Crippen molar-refractivity contribution >= 4 is 46.6 Å². The molecule has 4 rings (SSSR count). The molecule has 0 saturated heterocycles. The number of allylic oxidation sites excluding steroid dienone is 1. The van der Waals surface area contributed by atoms with Gasteiger partial charge in [-0.05, 0) is 48.4 Å². The van der Waals surface area contributed by atoms with Gasteiger partial charge in [0, 0.05) is 0 Å². The van der Waals surface area contributed by atoms with Crippen molar-refractivity contribution in [2.75, 3.05) is 21.3 Å². The van der Waals surface area contributed by atoms with E-state index in [0.29, 0.717) is 47.7 Å². The molecule has 0 aliphatic carbocycles. The van der Waals surface area contributed by atoms with Crippen LogP contribution in [0.5, 0.6) is 11.5 Å². The first kappa shape index (κ1) is 24.1. The Morgan fingerprint density at radius 3 is 2.44 bits per heavy atom. The number of halogens is 2. The molecule has 0 fully saturated rings. The van der Waals surface area contributed by atoms with E-state index >= 15 is 0 Å². The number of methoxy groups -OCH3 is 3. The van der Waals surface area contributed by atoms with Crippen LogP contribution in [0.3, 0.4) is 0 Å². The Morgan fingerprint density at radius 2 is 1.79 bits per heavy atom. The summed E-state index contributed by atoms with van der Waals surface area (Å²) in [5, 5.41) is 0.808. The van der Waals surface area contributed by atoms with Gasteiger partial charge in [0.25, 0.3) is 5.56 Å². The molecule has 34 heavy (non-hydrogen) atoms. The maximum atomic E-state index is 13.6. The number of carbonyl (C=O) groups excluding carboxylic acids is 1. The third-order valence-corrected chi connectivity index (χ3v) is 7.11. The predicted octanol–water partition coefficient (Wildman–Crippen LogP) is 3.73. The molecule has 7 nitrogen and oxygen atoms in total. The highest BCUT2D eigenvalue weighted by molar-refractivity contribution is 7.07. The molecule has 2 heterocycles. The monoisotopic (exact) mass is 518 g/mol. The number of ether oxygens (including phenoxy) is 3. The molecule has 3 aromatic rings. The van der Waals surface area contributed by atoms with Gasteiger partial charge in [-0.1, -0.05) is 46.7 Å². The zero-order valence-corrected chi connectivity index (χ0v) is 21.0. The number of thiazole rings is 1. The van der Waals surface area contributed by atoms with Crippen molar-refractivity contribution in [3.8, 4) is 11.5 Å². The molecule has 0 bridgehead atoms. The second-order valence-corrected chi connectivity index (χ2v) is 9.18. The molecule has 0 spiro atoms. The fraction of sp³-hybridized carbons (Fsp3) is 0.208. The lowest BCUT2D eigenvalue weighted by Gasteiger charge is -2.25. The van der Waals surface area contributed by atoms with Crippen molar-refractivity contribution in [3.63, 3.8) is 0 Å². The topological polar surface area (TPSA) is 79.1 Å². The third-order valence-electron chi connectivity index (χ3n) is 5.39. The van der Waals surface area contributed by atoms with Crippen LogP contribution in [0.15, 0.2) is 57.5 Å². The Bertz CT molecular complexity index is 1510. The van der Waals surface area contributed by atoms with E-state index in [-0.39, 0.29) is 11.1 Å². The van der Waals surface area contributed by atoms with Crippen molar-refractivity contribution in [3.05, 3.63) is 88.5 Å². The minimum Gasteiger partial charge on any atom is -0.493 e. The molecule has 0 unspecified atom stereocenters. The van der Waals surface area contributed by atoms with E-state index in [1.807, 2.05) is 0 Å². The van der Waals surface area contributed by atoms with Gasteiger partial charge in [-0.2, -0.15) is 0 Å². The lowest BCUT2D eigenvalue weighted by molar-refractivity contribution is -0.136. The molecule has 1 aromatic heterocycles. The molecule has 1 aliphatic heterocycles. The van der Waals surface area contributed by atoms with Crippen LogP contribution in [0.2, 0.25) is 10.0 Å². The van der Waals surface area contributed by atoms with Gasteiger partial charge < -0.3 is 14.2 Å². The van der Waals surface area contributed by atoms with E-state index in [2.05, 4.69) is 4.99 Å². The summed E-state index contributed by atoms with van der Waals surface area (Å²) in [6, 6.07) is 9.59. The van der Waals surface area contributed by atoms with Crippen molar-refractivity contribution in [1.82, 2.24) is 4.57 Å². The maximum Gasteiger partial charge on any atom is 0.338 e. The number of hydrogen-bond acceptors (Lipinski definition) is 7. The normalized spacial score (nSPS) is 15.6. The first-order valence-corrected chi connectivity index (χ1v) is 11.6. The summed E-state index contributed by atoms with van der Waals surface area (Å²) in [5.74, 6) is 0.426. The summed E-state index contributed by atoms with van der Waals surface area (Å²) in [5.41, 5.74) is 1.79. The fourth-order valence-electron chi connectivity index (χ4n) is 3.78. The van der Waals surface area contributed by atoms with Gasteiger partial charge in [0.15, 0.2) is 16.3 Å². The van der Waals surface area contributed by atoms with E-state index in [1.54, 1.807) is 49.4 Å². The predicted molar refractivity (Wildman–Crippen MR) is 132 cm³/mol. The van der Waals surface area contributed by atoms with E-state index in [1.165, 1.54) is 37.2 Å². The lowest BCUT2D eigenvalue weighted by atomic mass is 9.95. The number of fused-ring (bicyclic) bond motifs is 1. The van der Waals surface area contributed by atoms with Crippen LogP contribution < -0.4 is 24.4 Å². The summed E-state index contributed by atoms with van der Waals surface area (Å²) < 4.78 is 17.7. The Labute approximate surface area is 209 Å². The SMILES string of the molecule is COC(=O)C1=C(C)N=c2s/c(=C/c3ccc(Cl)c(Cl)c3)c(=O)n2[C@H]1c1ccc(OC)c(OC)c1. The first-order valence-electron chi connectivity index (χ1n) is 10.1. The highest BCUT2D eigenvalue weighted by Crippen LogP contribution is 2.36. The Kier molecular flexibility index (Phi) is 6.84. The van der Waals surface area contributed by atoms with Crippen molar-refractivity contribution < 1.29 is 19.0 Å². The highest BCUT2D eigenvalue weighted by Gasteiger charge is 2.33. The smallest absolute Gasteiger partial charge is 0.338 e. The average molecular weight is 519 g/mol. The summed E-state index contributed by atoms with van der Waals surface area (Å²) >= 11 is 13.4. The minimum atomic E-state index is -0.764. The molecule has 0 N–H and O–H groups in total. The Morgan fingerprint density at radius 1 is 1.06 bits per heavy atom. The maximum absolute atomic E-state index is 13.6. The van der Waals surface area contributed by atoms with Crippen LogP contribution in [0.1, 0.15) is 24.1 Å². The van der Waals surface area contributed by atoms with Crippen LogP contribution in [-0.4, -0.2) is 31.9 Å². The summed E-state index contributed by atoms with van der Waals surface area (Å²) in [4.78, 5) is 31.4. The van der Waals surface area contributed by atoms with Gasteiger partial charge in [0.1, 0.15) is 0 Å². The van der Waals surface area contributed by atoms with Gasteiger partial charge in [0.2, 0.25) is 0 Å². The Hall–Kier alpha value is -3.07. The number of nitrogens with zero attached hydrogens (tertiary/aromatic N) is 2. The number of carbonyl (C=O) groups is 1. The van der Waals surface area contributed by atoms with Crippen molar-refractivity contribution in [2.24, 2.45) is 4.99 Å². The number of rotatable bonds is 5. The molecule has 176 valence electrons. The van der Waals surface area contributed by atoms with Gasteiger partial charge in [-0.3, -0.25) is 9.36 Å². The average Bonchev–Trinajstić information content (AvgIpc) is 3.13. The second kappa shape index (κ2) is 9.66. The van der Waals surface area contributed by atoms with Crippen LogP contribution >= 0.6 is 34.5 Å². The molecule has 10 heteroatoms. The van der Waals surface area contributed by atoms with Crippen molar-refractivity contribution in [1.29, 1.82) is 0 Å². The van der Waals surface area contributed by atoms with Crippen LogP contribution in [0.25, 0.3) is 6.08 Å². The van der Waals surface area contributed by atoms with Crippen LogP contribution in [0, 0.1) is 0 Å². The minimum absolute atomic E-state index is 0.267. The number of esters is 1. The zero-order chi connectivity index (χ0) is 24.6. The van der Waals surface area contributed by atoms with Crippen LogP contribution in [-0.2, 0) is 9.53 Å². The number of hydrogen-bond donors (Lipinski definition) is 0. The summed E-state index contributed by atoms with van der Waals surface area (Å²) in [6.07, 6.45) is 1.72. The van der Waals surface area contributed by atoms with Crippen molar-refractivity contribution in [2.45, 2.75) is 13.0 Å². The molecular weight excluding hydrogens is 499 g/mol. The van der Waals surface area contributed by atoms with Gasteiger partial charge >= 0.3 is 5.97 Å². The molecular formula is C24H20Cl2N2O5S. The summed E-state index contributed by atoms with van der Waals surface area (Å²) in [7, 11) is 4.35. The first-order chi connectivity index (χ1) is 16.3. The van der Waals surface area contributed by atoms with Crippen LogP contribution in [0.4, 0.5) is 0 Å². The quantitative estimate of drug-likeness (QED) is 0.480. The molecule has 0 saturated carbocycles. The largest absolute Gasteiger partial charge is 0.493 e. The highest BCUT2D eigenvalue weighted by atomic mass is 35.5. The molecule has 2 aromatic carbocycles. The van der Waals surface area contributed by atoms with E-state index in [0.717, 1.165) is 0 Å². The van der Waals surface area contributed by atoms with E-state index in [9.17, 15) is 9.59 Å². The van der Waals surface area contributed by atoms with E-state index in [4.69, 9.17) is 37.4 Å². The second-order valence-electron chi connectivity index (χ2n) is 7.36. The van der Waals surface area contributed by atoms with Gasteiger partial charge in [-0.25, -0.2) is 9.79 Å². The summed E-state index contributed by atoms with van der Waals surface area (Å²) in [6.45, 7) is 1.72. The Balaban J connectivity index is 1.98. The molecule has 1 atom stereocenters. The third kappa shape index (κ3) is 4.24. The van der Waals surface area contributed by atoms with Gasteiger partial charge in [-0.15, -0.1) is 0 Å². The standard InChI is InChI=1S/C24H20Cl2N2O5S/c1-12-20(23(30)33-4)21(14-6-8-17(31-2)18(11-14)32-3)28-22(29)19(34-24(28)27-12)10-13-5-7-15(25)16(26)9-13/h5-11,21H,1-4H3/b19-10+/t21-/m0/s1. The van der Waals surface area contributed by atoms with E-state index < -0.39 is 12.0 Å². The lowest BCUT2D eigenvalue weighted by Crippen LogP contribution is -2.39. The van der Waals surface area contributed by atoms with Gasteiger partial charge in [0.05, 0.1) is 53.2 Å². The number of aromatic nitrogens is 1. The molecule has 0 amide bonds. The molecule has 0 radical (unpaired) electrons. The zero-order valence-electron chi connectivity index (χ0n) is 18.7.